The number of amides is 1. The molecule has 0 saturated heterocycles. The molecule has 1 aromatic carbocycles. The van der Waals surface area contributed by atoms with Gasteiger partial charge in [-0.3, -0.25) is 20.2 Å². The molecule has 1 amide bonds. The molecule has 0 spiro atoms. The van der Waals surface area contributed by atoms with E-state index in [9.17, 15) is 14.9 Å². The Kier molecular flexibility index (Phi) is 3.89. The lowest BCUT2D eigenvalue weighted by Gasteiger charge is -2.13. The third-order valence-corrected chi connectivity index (χ3v) is 4.32. The van der Waals surface area contributed by atoms with Crippen LogP contribution in [-0.2, 0) is 0 Å². The number of hydrogen-bond acceptors (Lipinski definition) is 7. The van der Waals surface area contributed by atoms with Crippen molar-refractivity contribution in [3.05, 3.63) is 45.0 Å². The van der Waals surface area contributed by atoms with Crippen LogP contribution in [0.2, 0.25) is 0 Å². The van der Waals surface area contributed by atoms with Crippen LogP contribution in [0.4, 0.5) is 17.3 Å². The molecule has 1 N–H and O–H groups in total. The highest BCUT2D eigenvalue weighted by atomic mass is 32.1. The van der Waals surface area contributed by atoms with Gasteiger partial charge < -0.3 is 4.90 Å². The Balaban J connectivity index is 1.89. The predicted octanol–water partition coefficient (Wildman–Crippen LogP) is 2.33. The van der Waals surface area contributed by atoms with Gasteiger partial charge in [0.2, 0.25) is 4.96 Å². The fourth-order valence-corrected chi connectivity index (χ4v) is 3.01. The van der Waals surface area contributed by atoms with Crippen molar-refractivity contribution >= 4 is 39.5 Å². The molecule has 3 rings (SSSR count). The summed E-state index contributed by atoms with van der Waals surface area (Å²) in [5.74, 6) is -0.339. The molecule has 9 nitrogen and oxygen atoms in total. The second kappa shape index (κ2) is 5.89. The molecule has 0 bridgehead atoms. The molecular formula is C14H14N6O3S. The summed E-state index contributed by atoms with van der Waals surface area (Å²) in [6, 6.07) is 4.31. The number of hydrogen-bond donors (Lipinski definition) is 1. The number of aromatic nitrogens is 3. The van der Waals surface area contributed by atoms with Gasteiger partial charge in [-0.1, -0.05) is 0 Å². The molecule has 0 unspecified atom stereocenters. The van der Waals surface area contributed by atoms with Crippen molar-refractivity contribution in [2.45, 2.75) is 6.92 Å². The van der Waals surface area contributed by atoms with Crippen LogP contribution in [0, 0.1) is 17.0 Å². The topological polar surface area (TPSA) is 106 Å². The molecule has 0 fully saturated rings. The van der Waals surface area contributed by atoms with Gasteiger partial charge in [-0.05, 0) is 19.1 Å². The number of benzene rings is 1. The minimum Gasteiger partial charge on any atom is -0.372 e. The Morgan fingerprint density at radius 3 is 2.79 bits per heavy atom. The molecule has 0 radical (unpaired) electrons. The molecule has 2 heterocycles. The van der Waals surface area contributed by atoms with Crippen molar-refractivity contribution in [3.8, 4) is 0 Å². The number of anilines is 2. The summed E-state index contributed by atoms with van der Waals surface area (Å²) in [5.41, 5.74) is 1.37. The number of thiazole rings is 1. The number of nitrogens with one attached hydrogen (secondary N) is 1. The van der Waals surface area contributed by atoms with Crippen molar-refractivity contribution in [3.63, 3.8) is 0 Å². The van der Waals surface area contributed by atoms with Crippen LogP contribution in [0.15, 0.2) is 23.6 Å². The molecule has 0 saturated carbocycles. The fourth-order valence-electron chi connectivity index (χ4n) is 2.21. The summed E-state index contributed by atoms with van der Waals surface area (Å²) < 4.78 is 1.62. The van der Waals surface area contributed by atoms with E-state index in [-0.39, 0.29) is 17.2 Å². The minimum atomic E-state index is -0.514. The maximum atomic E-state index is 12.3. The zero-order valence-electron chi connectivity index (χ0n) is 13.2. The number of aryl methyl sites for hydroxylation is 1. The van der Waals surface area contributed by atoms with Gasteiger partial charge in [0.15, 0.2) is 0 Å². The smallest absolute Gasteiger partial charge is 0.293 e. The zero-order chi connectivity index (χ0) is 17.4. The van der Waals surface area contributed by atoms with E-state index in [2.05, 4.69) is 15.4 Å². The predicted molar refractivity (Wildman–Crippen MR) is 91.0 cm³/mol. The Labute approximate surface area is 140 Å². The van der Waals surface area contributed by atoms with Gasteiger partial charge in [-0.2, -0.15) is 4.98 Å². The highest BCUT2D eigenvalue weighted by Gasteiger charge is 2.20. The fraction of sp³-hybridized carbons (Fsp3) is 0.214. The van der Waals surface area contributed by atoms with E-state index in [0.29, 0.717) is 10.6 Å². The number of fused-ring (bicyclic) bond motifs is 1. The summed E-state index contributed by atoms with van der Waals surface area (Å²) in [7, 11) is 3.40. The first-order valence-corrected chi connectivity index (χ1v) is 7.83. The lowest BCUT2D eigenvalue weighted by molar-refractivity contribution is -0.384. The van der Waals surface area contributed by atoms with Gasteiger partial charge >= 0.3 is 0 Å². The highest BCUT2D eigenvalue weighted by molar-refractivity contribution is 7.15. The van der Waals surface area contributed by atoms with Gasteiger partial charge in [-0.15, -0.1) is 16.4 Å². The first-order valence-electron chi connectivity index (χ1n) is 6.95. The SMILES string of the molecule is Cc1csc2nc(NC(=O)c3ccc(N(C)C)c([N+](=O)[O-])c3)nn12. The second-order valence-electron chi connectivity index (χ2n) is 5.32. The number of nitro groups is 1. The molecule has 0 aliphatic carbocycles. The maximum Gasteiger partial charge on any atom is 0.293 e. The van der Waals surface area contributed by atoms with Crippen molar-refractivity contribution in [1.82, 2.24) is 14.6 Å². The summed E-state index contributed by atoms with van der Waals surface area (Å²) in [4.78, 5) is 29.5. The van der Waals surface area contributed by atoms with E-state index >= 15 is 0 Å². The third kappa shape index (κ3) is 2.78. The van der Waals surface area contributed by atoms with Crippen LogP contribution in [0.25, 0.3) is 4.96 Å². The Hall–Kier alpha value is -3.01. The van der Waals surface area contributed by atoms with E-state index < -0.39 is 10.8 Å². The molecule has 0 aliphatic heterocycles. The largest absolute Gasteiger partial charge is 0.372 e. The van der Waals surface area contributed by atoms with Crippen LogP contribution in [0.5, 0.6) is 0 Å². The van der Waals surface area contributed by atoms with E-state index in [0.717, 1.165) is 5.69 Å². The Bertz CT molecular complexity index is 945. The summed E-state index contributed by atoms with van der Waals surface area (Å²) in [6.45, 7) is 1.88. The van der Waals surface area contributed by atoms with E-state index in [1.807, 2.05) is 12.3 Å². The van der Waals surface area contributed by atoms with Crippen LogP contribution in [0.1, 0.15) is 16.1 Å². The molecule has 2 aromatic heterocycles. The monoisotopic (exact) mass is 346 g/mol. The first kappa shape index (κ1) is 15.9. The van der Waals surface area contributed by atoms with Gasteiger partial charge in [0.1, 0.15) is 5.69 Å². The highest BCUT2D eigenvalue weighted by Crippen LogP contribution is 2.28. The number of carbonyl (C=O) groups excluding carboxylic acids is 1. The van der Waals surface area contributed by atoms with Crippen LogP contribution < -0.4 is 10.2 Å². The van der Waals surface area contributed by atoms with Gasteiger partial charge in [0, 0.05) is 31.1 Å². The van der Waals surface area contributed by atoms with Gasteiger partial charge in [0.25, 0.3) is 17.5 Å². The standard InChI is InChI=1S/C14H14N6O3S/c1-8-7-24-14-16-13(17-19(8)14)15-12(21)9-4-5-10(18(2)3)11(6-9)20(22)23/h4-7H,1-3H3,(H,15,17,21). The van der Waals surface area contributed by atoms with Crippen LogP contribution >= 0.6 is 11.3 Å². The quantitative estimate of drug-likeness (QED) is 0.574. The van der Waals surface area contributed by atoms with Crippen LogP contribution in [-0.4, -0.2) is 39.5 Å². The van der Waals surface area contributed by atoms with Crippen LogP contribution in [0.3, 0.4) is 0 Å². The lowest BCUT2D eigenvalue weighted by Crippen LogP contribution is -2.15. The summed E-state index contributed by atoms with van der Waals surface area (Å²) >= 11 is 1.41. The van der Waals surface area contributed by atoms with Crippen molar-refractivity contribution < 1.29 is 9.72 Å². The van der Waals surface area contributed by atoms with Gasteiger partial charge in [-0.25, -0.2) is 4.52 Å². The summed E-state index contributed by atoms with van der Waals surface area (Å²) in [6.07, 6.45) is 0. The first-order chi connectivity index (χ1) is 11.4. The van der Waals surface area contributed by atoms with E-state index in [4.69, 9.17) is 0 Å². The Morgan fingerprint density at radius 2 is 2.17 bits per heavy atom. The molecule has 3 aromatic rings. The van der Waals surface area contributed by atoms with Crippen molar-refractivity contribution in [1.29, 1.82) is 0 Å². The van der Waals surface area contributed by atoms with Crippen molar-refractivity contribution in [2.75, 3.05) is 24.3 Å². The second-order valence-corrected chi connectivity index (χ2v) is 6.15. The molecule has 0 atom stereocenters. The Morgan fingerprint density at radius 1 is 1.42 bits per heavy atom. The number of rotatable bonds is 4. The number of nitro benzene ring substituents is 1. The minimum absolute atomic E-state index is 0.137. The molecule has 124 valence electrons. The van der Waals surface area contributed by atoms with E-state index in [1.54, 1.807) is 23.5 Å². The van der Waals surface area contributed by atoms with Crippen molar-refractivity contribution in [2.24, 2.45) is 0 Å². The summed E-state index contributed by atoms with van der Waals surface area (Å²) in [5, 5.41) is 19.9. The molecular weight excluding hydrogens is 332 g/mol. The molecule has 0 aliphatic rings. The molecule has 10 heteroatoms. The molecule has 24 heavy (non-hydrogen) atoms. The lowest BCUT2D eigenvalue weighted by atomic mass is 10.1. The third-order valence-electron chi connectivity index (χ3n) is 3.39. The average Bonchev–Trinajstić information content (AvgIpc) is 3.08. The van der Waals surface area contributed by atoms with E-state index in [1.165, 1.54) is 29.5 Å². The average molecular weight is 346 g/mol. The zero-order valence-corrected chi connectivity index (χ0v) is 14.0. The number of nitrogens with zero attached hydrogens (tertiary/aromatic N) is 5. The normalized spacial score (nSPS) is 10.8. The number of carbonyl (C=O) groups is 1. The maximum absolute atomic E-state index is 12.3. The van der Waals surface area contributed by atoms with Gasteiger partial charge in [0.05, 0.1) is 10.6 Å².